The number of nitrogens with zero attached hydrogens (tertiary/aromatic N) is 1. The monoisotopic (exact) mass is 344 g/mol. The van der Waals surface area contributed by atoms with Gasteiger partial charge in [-0.25, -0.2) is 0 Å². The predicted molar refractivity (Wildman–Crippen MR) is 101 cm³/mol. The van der Waals surface area contributed by atoms with E-state index in [1.54, 1.807) is 18.2 Å². The van der Waals surface area contributed by atoms with Crippen molar-refractivity contribution in [3.05, 3.63) is 90.0 Å². The predicted octanol–water partition coefficient (Wildman–Crippen LogP) is 3.69. The summed E-state index contributed by atoms with van der Waals surface area (Å²) in [6.45, 7) is 1.01. The first-order valence-corrected chi connectivity index (χ1v) is 8.66. The highest BCUT2D eigenvalue weighted by molar-refractivity contribution is 5.80. The Bertz CT molecular complexity index is 907. The Kier molecular flexibility index (Phi) is 4.42. The van der Waals surface area contributed by atoms with Gasteiger partial charge in [-0.3, -0.25) is 9.69 Å². The summed E-state index contributed by atoms with van der Waals surface area (Å²) in [4.78, 5) is 14.0. The van der Waals surface area contributed by atoms with Crippen molar-refractivity contribution in [2.75, 3.05) is 6.54 Å². The van der Waals surface area contributed by atoms with Crippen LogP contribution in [-0.4, -0.2) is 22.5 Å². The summed E-state index contributed by atoms with van der Waals surface area (Å²) in [6.07, 6.45) is -0.219. The van der Waals surface area contributed by atoms with Crippen molar-refractivity contribution in [3.63, 3.8) is 0 Å². The molecule has 1 atom stereocenters. The lowest BCUT2D eigenvalue weighted by molar-refractivity contribution is -0.118. The van der Waals surface area contributed by atoms with Crippen LogP contribution in [0.25, 0.3) is 11.1 Å². The van der Waals surface area contributed by atoms with Gasteiger partial charge in [0.15, 0.2) is 0 Å². The van der Waals surface area contributed by atoms with E-state index < -0.39 is 0 Å². The van der Waals surface area contributed by atoms with Crippen molar-refractivity contribution < 1.29 is 9.90 Å². The SMILES string of the molecule is O=C1CN(Cc2ccc(-c3ccccc3)cc2)[C@@H](c2cccc(O)c2)N1. The van der Waals surface area contributed by atoms with Gasteiger partial charge >= 0.3 is 0 Å². The van der Waals surface area contributed by atoms with Crippen LogP contribution in [-0.2, 0) is 11.3 Å². The summed E-state index contributed by atoms with van der Waals surface area (Å²) in [7, 11) is 0. The quantitative estimate of drug-likeness (QED) is 0.759. The Morgan fingerprint density at radius 1 is 0.923 bits per heavy atom. The maximum absolute atomic E-state index is 11.9. The molecule has 26 heavy (non-hydrogen) atoms. The van der Waals surface area contributed by atoms with Gasteiger partial charge in [-0.2, -0.15) is 0 Å². The zero-order valence-corrected chi connectivity index (χ0v) is 14.3. The minimum Gasteiger partial charge on any atom is -0.508 e. The number of hydrogen-bond acceptors (Lipinski definition) is 3. The number of phenols is 1. The number of carbonyl (C=O) groups excluding carboxylic acids is 1. The van der Waals surface area contributed by atoms with Gasteiger partial charge in [0.05, 0.1) is 6.54 Å². The van der Waals surface area contributed by atoms with Crippen molar-refractivity contribution in [2.45, 2.75) is 12.7 Å². The molecule has 1 aliphatic heterocycles. The Labute approximate surface area is 152 Å². The maximum Gasteiger partial charge on any atom is 0.235 e. The van der Waals surface area contributed by atoms with Gasteiger partial charge in [0.25, 0.3) is 0 Å². The molecule has 0 aliphatic carbocycles. The molecular formula is C22H20N2O2. The molecular weight excluding hydrogens is 324 g/mol. The lowest BCUT2D eigenvalue weighted by Gasteiger charge is -2.23. The van der Waals surface area contributed by atoms with Crippen molar-refractivity contribution in [2.24, 2.45) is 0 Å². The first-order valence-electron chi connectivity index (χ1n) is 8.66. The smallest absolute Gasteiger partial charge is 0.235 e. The van der Waals surface area contributed by atoms with Crippen LogP contribution in [0.2, 0.25) is 0 Å². The van der Waals surface area contributed by atoms with Gasteiger partial charge in [-0.05, 0) is 34.4 Å². The topological polar surface area (TPSA) is 52.6 Å². The number of carbonyl (C=O) groups is 1. The van der Waals surface area contributed by atoms with Crippen LogP contribution in [0.1, 0.15) is 17.3 Å². The molecule has 4 nitrogen and oxygen atoms in total. The van der Waals surface area contributed by atoms with Crippen LogP contribution in [0.15, 0.2) is 78.9 Å². The molecule has 2 N–H and O–H groups in total. The molecule has 1 heterocycles. The lowest BCUT2D eigenvalue weighted by Crippen LogP contribution is -2.27. The molecule has 4 rings (SSSR count). The fourth-order valence-corrected chi connectivity index (χ4v) is 3.37. The number of rotatable bonds is 4. The molecule has 0 radical (unpaired) electrons. The molecule has 0 saturated carbocycles. The zero-order valence-electron chi connectivity index (χ0n) is 14.3. The van der Waals surface area contributed by atoms with Crippen LogP contribution in [0, 0.1) is 0 Å². The Balaban J connectivity index is 1.53. The van der Waals surface area contributed by atoms with Gasteiger partial charge in [0.2, 0.25) is 5.91 Å². The summed E-state index contributed by atoms with van der Waals surface area (Å²) in [5, 5.41) is 12.7. The minimum atomic E-state index is -0.219. The van der Waals surface area contributed by atoms with Crippen molar-refractivity contribution >= 4 is 5.91 Å². The molecule has 0 unspecified atom stereocenters. The van der Waals surface area contributed by atoms with Gasteiger partial charge in [0, 0.05) is 6.54 Å². The first-order chi connectivity index (χ1) is 12.7. The van der Waals surface area contributed by atoms with E-state index >= 15 is 0 Å². The number of nitrogens with one attached hydrogen (secondary N) is 1. The van der Waals surface area contributed by atoms with Crippen LogP contribution in [0.5, 0.6) is 5.75 Å². The molecule has 3 aromatic carbocycles. The minimum absolute atomic E-state index is 0.000696. The largest absolute Gasteiger partial charge is 0.508 e. The highest BCUT2D eigenvalue weighted by Gasteiger charge is 2.30. The molecule has 0 spiro atoms. The molecule has 0 bridgehead atoms. The second kappa shape index (κ2) is 7.02. The second-order valence-corrected chi connectivity index (χ2v) is 6.53. The molecule has 4 heteroatoms. The highest BCUT2D eigenvalue weighted by Crippen LogP contribution is 2.27. The van der Waals surface area contributed by atoms with E-state index in [9.17, 15) is 9.90 Å². The third kappa shape index (κ3) is 3.46. The molecule has 130 valence electrons. The Hall–Kier alpha value is -3.11. The maximum atomic E-state index is 11.9. The normalized spacial score (nSPS) is 17.2. The van der Waals surface area contributed by atoms with Crippen LogP contribution < -0.4 is 5.32 Å². The lowest BCUT2D eigenvalue weighted by atomic mass is 10.0. The summed E-state index contributed by atoms with van der Waals surface area (Å²) >= 11 is 0. The molecule has 1 fully saturated rings. The van der Waals surface area contributed by atoms with Crippen LogP contribution >= 0.6 is 0 Å². The van der Waals surface area contributed by atoms with E-state index in [-0.39, 0.29) is 17.8 Å². The van der Waals surface area contributed by atoms with E-state index in [4.69, 9.17) is 0 Å². The van der Waals surface area contributed by atoms with E-state index in [0.717, 1.165) is 11.1 Å². The van der Waals surface area contributed by atoms with Crippen molar-refractivity contribution in [3.8, 4) is 16.9 Å². The molecule has 3 aromatic rings. The Morgan fingerprint density at radius 3 is 2.38 bits per heavy atom. The third-order valence-electron chi connectivity index (χ3n) is 4.64. The fourth-order valence-electron chi connectivity index (χ4n) is 3.37. The standard InChI is InChI=1S/C22H20N2O2/c25-20-8-4-7-19(13-20)22-23-21(26)15-24(22)14-16-9-11-18(12-10-16)17-5-2-1-3-6-17/h1-13,22,25H,14-15H2,(H,23,26)/t22-/m0/s1. The van der Waals surface area contributed by atoms with E-state index in [2.05, 4.69) is 46.6 Å². The average Bonchev–Trinajstić information content (AvgIpc) is 3.03. The van der Waals surface area contributed by atoms with Crippen LogP contribution in [0.3, 0.4) is 0 Å². The third-order valence-corrected chi connectivity index (χ3v) is 4.64. The number of benzene rings is 3. The molecule has 1 saturated heterocycles. The summed E-state index contributed by atoms with van der Waals surface area (Å²) < 4.78 is 0. The number of phenolic OH excluding ortho intramolecular Hbond substituents is 1. The number of hydrogen-bond donors (Lipinski definition) is 2. The summed E-state index contributed by atoms with van der Waals surface area (Å²) in [5.41, 5.74) is 4.40. The first kappa shape index (κ1) is 16.4. The van der Waals surface area contributed by atoms with Gasteiger partial charge in [0.1, 0.15) is 11.9 Å². The van der Waals surface area contributed by atoms with Gasteiger partial charge in [-0.15, -0.1) is 0 Å². The van der Waals surface area contributed by atoms with E-state index in [0.29, 0.717) is 13.1 Å². The summed E-state index contributed by atoms with van der Waals surface area (Å²) in [6, 6.07) is 25.7. The zero-order chi connectivity index (χ0) is 17.9. The van der Waals surface area contributed by atoms with Gasteiger partial charge < -0.3 is 10.4 Å². The van der Waals surface area contributed by atoms with E-state index in [1.807, 2.05) is 24.3 Å². The van der Waals surface area contributed by atoms with Crippen molar-refractivity contribution in [1.29, 1.82) is 0 Å². The fraction of sp³-hybridized carbons (Fsp3) is 0.136. The van der Waals surface area contributed by atoms with Crippen molar-refractivity contribution in [1.82, 2.24) is 10.2 Å². The molecule has 1 aliphatic rings. The number of amides is 1. The highest BCUT2D eigenvalue weighted by atomic mass is 16.3. The summed E-state index contributed by atoms with van der Waals surface area (Å²) in [5.74, 6) is 0.204. The average molecular weight is 344 g/mol. The number of aromatic hydroxyl groups is 1. The molecule has 1 amide bonds. The second-order valence-electron chi connectivity index (χ2n) is 6.53. The van der Waals surface area contributed by atoms with Gasteiger partial charge in [-0.1, -0.05) is 66.7 Å². The molecule has 0 aromatic heterocycles. The van der Waals surface area contributed by atoms with E-state index in [1.165, 1.54) is 11.1 Å². The van der Waals surface area contributed by atoms with Crippen LogP contribution in [0.4, 0.5) is 0 Å². The Morgan fingerprint density at radius 2 is 1.65 bits per heavy atom.